The number of halogens is 2. The normalized spacial score (nSPS) is 10.5. The molecule has 3 rings (SSSR count). The van der Waals surface area contributed by atoms with E-state index < -0.39 is 0 Å². The van der Waals surface area contributed by atoms with Crippen LogP contribution in [0.1, 0.15) is 0 Å². The standard InChI is InChI=1S/C15H14FN2.ClH/c1-17-13-5-3-4-6-14(13)18(2)15(17)11-7-9-12(16)10-8-11;/h3-10H,1-2H3;1H/q+1;/p-1. The summed E-state index contributed by atoms with van der Waals surface area (Å²) < 4.78 is 17.2. The molecule has 0 spiro atoms. The second-order valence-corrected chi connectivity index (χ2v) is 4.44. The van der Waals surface area contributed by atoms with E-state index in [1.54, 1.807) is 0 Å². The molecule has 1 heterocycles. The van der Waals surface area contributed by atoms with Crippen LogP contribution in [0.4, 0.5) is 4.39 Å². The van der Waals surface area contributed by atoms with Crippen LogP contribution >= 0.6 is 0 Å². The fraction of sp³-hybridized carbons (Fsp3) is 0.133. The highest BCUT2D eigenvalue weighted by Crippen LogP contribution is 2.21. The van der Waals surface area contributed by atoms with E-state index in [9.17, 15) is 4.39 Å². The van der Waals surface area contributed by atoms with Crippen molar-refractivity contribution in [1.29, 1.82) is 0 Å². The first-order valence-corrected chi connectivity index (χ1v) is 5.88. The second kappa shape index (κ2) is 5.02. The minimum Gasteiger partial charge on any atom is -1.00 e. The van der Waals surface area contributed by atoms with Gasteiger partial charge in [0, 0.05) is 0 Å². The molecule has 0 saturated heterocycles. The van der Waals surface area contributed by atoms with Gasteiger partial charge >= 0.3 is 0 Å². The van der Waals surface area contributed by atoms with Crippen molar-refractivity contribution in [3.05, 3.63) is 54.3 Å². The monoisotopic (exact) mass is 276 g/mol. The molecule has 98 valence electrons. The highest BCUT2D eigenvalue weighted by Gasteiger charge is 2.20. The van der Waals surface area contributed by atoms with Gasteiger partial charge in [-0.05, 0) is 36.4 Å². The average molecular weight is 277 g/mol. The van der Waals surface area contributed by atoms with E-state index in [0.29, 0.717) is 0 Å². The lowest BCUT2D eigenvalue weighted by Gasteiger charge is -1.98. The van der Waals surface area contributed by atoms with Gasteiger partial charge in [0.25, 0.3) is 5.82 Å². The number of benzene rings is 2. The predicted octanol–water partition coefficient (Wildman–Crippen LogP) is -0.187. The molecule has 0 fully saturated rings. The molecule has 1 aromatic heterocycles. The van der Waals surface area contributed by atoms with Crippen molar-refractivity contribution in [1.82, 2.24) is 4.57 Å². The van der Waals surface area contributed by atoms with E-state index in [1.165, 1.54) is 23.2 Å². The zero-order chi connectivity index (χ0) is 12.7. The highest BCUT2D eigenvalue weighted by molar-refractivity contribution is 5.75. The lowest BCUT2D eigenvalue weighted by Crippen LogP contribution is -3.00. The third-order valence-corrected chi connectivity index (χ3v) is 3.34. The highest BCUT2D eigenvalue weighted by atomic mass is 35.5. The van der Waals surface area contributed by atoms with Gasteiger partial charge in [-0.3, -0.25) is 0 Å². The summed E-state index contributed by atoms with van der Waals surface area (Å²) in [5, 5.41) is 0. The minimum absolute atomic E-state index is 0. The molecule has 4 heteroatoms. The summed E-state index contributed by atoms with van der Waals surface area (Å²) in [6, 6.07) is 14.8. The lowest BCUT2D eigenvalue weighted by atomic mass is 10.2. The number of aryl methyl sites for hydroxylation is 2. The maximum Gasteiger partial charge on any atom is 0.289 e. The summed E-state index contributed by atoms with van der Waals surface area (Å²) in [5.74, 6) is 0.858. The van der Waals surface area contributed by atoms with Crippen molar-refractivity contribution >= 4 is 11.0 Å². The van der Waals surface area contributed by atoms with Gasteiger partial charge in [-0.1, -0.05) is 12.1 Å². The first kappa shape index (κ1) is 13.6. The topological polar surface area (TPSA) is 8.81 Å². The van der Waals surface area contributed by atoms with Crippen molar-refractivity contribution < 1.29 is 21.4 Å². The Kier molecular flexibility index (Phi) is 3.58. The maximum atomic E-state index is 13.0. The number of hydrogen-bond donors (Lipinski definition) is 0. The quantitative estimate of drug-likeness (QED) is 0.545. The zero-order valence-corrected chi connectivity index (χ0v) is 11.5. The first-order valence-electron chi connectivity index (χ1n) is 5.88. The van der Waals surface area contributed by atoms with Crippen molar-refractivity contribution in [2.24, 2.45) is 14.1 Å². The molecule has 2 aromatic carbocycles. The summed E-state index contributed by atoms with van der Waals surface area (Å²) in [7, 11) is 4.06. The molecule has 0 aliphatic heterocycles. The Balaban J connectivity index is 0.00000133. The van der Waals surface area contributed by atoms with Crippen LogP contribution in [0.5, 0.6) is 0 Å². The van der Waals surface area contributed by atoms with Gasteiger partial charge in [-0.25, -0.2) is 13.5 Å². The molecule has 0 N–H and O–H groups in total. The molecule has 0 atom stereocenters. The van der Waals surface area contributed by atoms with Crippen molar-refractivity contribution in [2.75, 3.05) is 0 Å². The van der Waals surface area contributed by atoms with E-state index >= 15 is 0 Å². The van der Waals surface area contributed by atoms with Crippen LogP contribution in [0.25, 0.3) is 22.4 Å². The molecular formula is C15H14ClFN2. The Bertz CT molecular complexity index is 678. The van der Waals surface area contributed by atoms with E-state index in [1.807, 2.05) is 38.4 Å². The molecule has 0 amide bonds. The molecule has 0 aliphatic carbocycles. The summed E-state index contributed by atoms with van der Waals surface area (Å²) >= 11 is 0. The van der Waals surface area contributed by atoms with Gasteiger partial charge in [-0.2, -0.15) is 0 Å². The van der Waals surface area contributed by atoms with Crippen LogP contribution in [-0.2, 0) is 14.1 Å². The Morgan fingerprint density at radius 2 is 1.63 bits per heavy atom. The Morgan fingerprint density at radius 3 is 2.26 bits per heavy atom. The fourth-order valence-electron chi connectivity index (χ4n) is 2.47. The molecule has 0 bridgehead atoms. The van der Waals surface area contributed by atoms with Gasteiger partial charge in [0.05, 0.1) is 19.7 Å². The van der Waals surface area contributed by atoms with Crippen LogP contribution in [0.15, 0.2) is 48.5 Å². The van der Waals surface area contributed by atoms with E-state index in [0.717, 1.165) is 11.4 Å². The molecule has 0 radical (unpaired) electrons. The van der Waals surface area contributed by atoms with Gasteiger partial charge in [0.15, 0.2) is 11.0 Å². The van der Waals surface area contributed by atoms with Gasteiger partial charge in [0.1, 0.15) is 5.82 Å². The van der Waals surface area contributed by atoms with Gasteiger partial charge < -0.3 is 12.4 Å². The maximum absolute atomic E-state index is 13.0. The lowest BCUT2D eigenvalue weighted by molar-refractivity contribution is -0.634. The third kappa shape index (κ3) is 2.10. The number of hydrogen-bond acceptors (Lipinski definition) is 0. The molecule has 19 heavy (non-hydrogen) atoms. The van der Waals surface area contributed by atoms with E-state index in [-0.39, 0.29) is 18.2 Å². The fourth-order valence-corrected chi connectivity index (χ4v) is 2.47. The summed E-state index contributed by atoms with van der Waals surface area (Å²) in [6.45, 7) is 0. The molecule has 0 saturated carbocycles. The summed E-state index contributed by atoms with van der Waals surface area (Å²) in [4.78, 5) is 0. The number of nitrogens with zero attached hydrogens (tertiary/aromatic N) is 2. The van der Waals surface area contributed by atoms with Crippen LogP contribution in [-0.4, -0.2) is 4.57 Å². The number of aromatic nitrogens is 2. The average Bonchev–Trinajstić information content (AvgIpc) is 2.64. The molecule has 3 aromatic rings. The van der Waals surface area contributed by atoms with Crippen LogP contribution in [0.2, 0.25) is 0 Å². The molecule has 0 unspecified atom stereocenters. The van der Waals surface area contributed by atoms with Crippen LogP contribution in [0.3, 0.4) is 0 Å². The van der Waals surface area contributed by atoms with Crippen LogP contribution < -0.4 is 17.0 Å². The molecule has 0 aliphatic rings. The third-order valence-electron chi connectivity index (χ3n) is 3.34. The number of para-hydroxylation sites is 2. The molecular weight excluding hydrogens is 263 g/mol. The number of rotatable bonds is 1. The van der Waals surface area contributed by atoms with E-state index in [4.69, 9.17) is 0 Å². The largest absolute Gasteiger partial charge is 1.00 e. The summed E-state index contributed by atoms with van der Waals surface area (Å²) in [5.41, 5.74) is 3.34. The Hall–Kier alpha value is -1.87. The smallest absolute Gasteiger partial charge is 0.289 e. The Morgan fingerprint density at radius 1 is 1.00 bits per heavy atom. The van der Waals surface area contributed by atoms with Crippen molar-refractivity contribution in [3.63, 3.8) is 0 Å². The summed E-state index contributed by atoms with van der Waals surface area (Å²) in [6.07, 6.45) is 0. The van der Waals surface area contributed by atoms with Crippen molar-refractivity contribution in [3.8, 4) is 11.4 Å². The predicted molar refractivity (Wildman–Crippen MR) is 69.5 cm³/mol. The van der Waals surface area contributed by atoms with Crippen LogP contribution in [0, 0.1) is 5.82 Å². The second-order valence-electron chi connectivity index (χ2n) is 4.44. The van der Waals surface area contributed by atoms with Crippen molar-refractivity contribution in [2.45, 2.75) is 0 Å². The Labute approximate surface area is 117 Å². The van der Waals surface area contributed by atoms with E-state index in [2.05, 4.69) is 21.3 Å². The molecule has 2 nitrogen and oxygen atoms in total. The zero-order valence-electron chi connectivity index (χ0n) is 10.8. The number of fused-ring (bicyclic) bond motifs is 1. The first-order chi connectivity index (χ1) is 8.68. The minimum atomic E-state index is -0.208. The SMILES string of the molecule is Cn1c(-c2ccc(F)cc2)[n+](C)c2ccccc21.[Cl-]. The number of imidazole rings is 1. The van der Waals surface area contributed by atoms with Gasteiger partial charge in [-0.15, -0.1) is 0 Å². The van der Waals surface area contributed by atoms with Gasteiger partial charge in [0.2, 0.25) is 0 Å².